The highest BCUT2D eigenvalue weighted by Gasteiger charge is 2.33. The zero-order valence-corrected chi connectivity index (χ0v) is 24.1. The Hall–Kier alpha value is -3.72. The number of hydrogen-bond donors (Lipinski definition) is 1. The van der Waals surface area contributed by atoms with E-state index in [9.17, 15) is 9.90 Å². The number of aromatic nitrogens is 2. The largest absolute Gasteiger partial charge is 0.493 e. The number of carboxylic acid groups (broad SMARTS) is 1. The molecular formula is C32H28Cl2FN3O4. The number of halogens is 3. The second-order valence-corrected chi connectivity index (χ2v) is 11.5. The summed E-state index contributed by atoms with van der Waals surface area (Å²) in [4.78, 5) is 14.1. The van der Waals surface area contributed by atoms with Gasteiger partial charge in [-0.3, -0.25) is 9.69 Å². The van der Waals surface area contributed by atoms with Crippen LogP contribution in [0, 0.1) is 5.82 Å². The molecule has 0 spiro atoms. The summed E-state index contributed by atoms with van der Waals surface area (Å²) in [6.45, 7) is 1.51. The van der Waals surface area contributed by atoms with Crippen molar-refractivity contribution in [3.8, 4) is 11.5 Å². The average Bonchev–Trinajstić information content (AvgIpc) is 3.19. The highest BCUT2D eigenvalue weighted by atomic mass is 35.5. The van der Waals surface area contributed by atoms with Crippen molar-refractivity contribution in [3.63, 3.8) is 0 Å². The highest BCUT2D eigenvalue weighted by molar-refractivity contribution is 6.42. The topological polar surface area (TPSA) is 84.8 Å². The smallest absolute Gasteiger partial charge is 0.321 e. The summed E-state index contributed by atoms with van der Waals surface area (Å²) in [6.07, 6.45) is 3.37. The number of aliphatic carboxylic acids is 1. The van der Waals surface area contributed by atoms with Crippen LogP contribution in [0.2, 0.25) is 10.0 Å². The van der Waals surface area contributed by atoms with Gasteiger partial charge in [0.15, 0.2) is 11.6 Å². The van der Waals surface area contributed by atoms with E-state index in [0.29, 0.717) is 42.6 Å². The molecule has 0 amide bonds. The number of ether oxygens (including phenoxy) is 2. The zero-order chi connectivity index (χ0) is 29.2. The van der Waals surface area contributed by atoms with Gasteiger partial charge in [0, 0.05) is 19.3 Å². The van der Waals surface area contributed by atoms with Crippen LogP contribution in [0.5, 0.6) is 11.5 Å². The van der Waals surface area contributed by atoms with Crippen molar-refractivity contribution in [1.82, 2.24) is 15.1 Å². The first-order chi connectivity index (χ1) is 20.3. The number of carbonyl (C=O) groups is 1. The van der Waals surface area contributed by atoms with E-state index < -0.39 is 17.8 Å². The maximum Gasteiger partial charge on any atom is 0.321 e. The molecule has 10 heteroatoms. The third-order valence-electron chi connectivity index (χ3n) is 7.88. The summed E-state index contributed by atoms with van der Waals surface area (Å²) >= 11 is 12.1. The summed E-state index contributed by atoms with van der Waals surface area (Å²) in [6, 6.07) is 17.4. The number of rotatable bonds is 7. The molecular weight excluding hydrogens is 580 g/mol. The Bertz CT molecular complexity index is 1620. The Labute approximate surface area is 252 Å². The van der Waals surface area contributed by atoms with Gasteiger partial charge in [-0.25, -0.2) is 4.39 Å². The highest BCUT2D eigenvalue weighted by Crippen LogP contribution is 2.38. The molecule has 2 aliphatic rings. The van der Waals surface area contributed by atoms with Gasteiger partial charge in [-0.2, -0.15) is 10.2 Å². The van der Waals surface area contributed by atoms with Crippen LogP contribution in [0.4, 0.5) is 4.39 Å². The Balaban J connectivity index is 1.19. The maximum absolute atomic E-state index is 15.1. The van der Waals surface area contributed by atoms with Crippen molar-refractivity contribution in [1.29, 1.82) is 0 Å². The first kappa shape index (κ1) is 28.4. The monoisotopic (exact) mass is 607 g/mol. The summed E-state index contributed by atoms with van der Waals surface area (Å²) in [5.74, 6) is -0.311. The number of nitrogens with zero attached hydrogens (tertiary/aromatic N) is 3. The Morgan fingerprint density at radius 3 is 2.69 bits per heavy atom. The van der Waals surface area contributed by atoms with Gasteiger partial charge in [-0.1, -0.05) is 41.4 Å². The molecule has 1 N–H and O–H groups in total. The molecule has 0 bridgehead atoms. The predicted octanol–water partition coefficient (Wildman–Crippen LogP) is 6.62. The minimum atomic E-state index is -0.869. The van der Waals surface area contributed by atoms with Gasteiger partial charge >= 0.3 is 5.97 Å². The van der Waals surface area contributed by atoms with Crippen LogP contribution in [0.3, 0.4) is 0 Å². The quantitative estimate of drug-likeness (QED) is 0.253. The summed E-state index contributed by atoms with van der Waals surface area (Å²) in [5.41, 5.74) is 5.46. The summed E-state index contributed by atoms with van der Waals surface area (Å²) in [7, 11) is 0. The zero-order valence-electron chi connectivity index (χ0n) is 22.6. The van der Waals surface area contributed by atoms with E-state index in [4.69, 9.17) is 32.7 Å². The van der Waals surface area contributed by atoms with Crippen LogP contribution in [-0.2, 0) is 37.3 Å². The van der Waals surface area contributed by atoms with E-state index >= 15 is 4.39 Å². The van der Waals surface area contributed by atoms with Crippen molar-refractivity contribution in [3.05, 3.63) is 116 Å². The lowest BCUT2D eigenvalue weighted by Crippen LogP contribution is -2.45. The van der Waals surface area contributed by atoms with Gasteiger partial charge in [0.1, 0.15) is 18.4 Å². The van der Waals surface area contributed by atoms with Crippen molar-refractivity contribution >= 4 is 29.2 Å². The molecule has 1 aromatic heterocycles. The fourth-order valence-electron chi connectivity index (χ4n) is 5.69. The summed E-state index contributed by atoms with van der Waals surface area (Å²) < 4.78 is 27.0. The fourth-order valence-corrected chi connectivity index (χ4v) is 6.01. The van der Waals surface area contributed by atoms with Crippen LogP contribution in [0.25, 0.3) is 0 Å². The van der Waals surface area contributed by atoms with Crippen molar-refractivity contribution in [2.75, 3.05) is 6.61 Å². The van der Waals surface area contributed by atoms with E-state index in [0.717, 1.165) is 45.7 Å². The molecule has 4 aromatic rings. The van der Waals surface area contributed by atoms with Crippen LogP contribution >= 0.6 is 23.2 Å². The van der Waals surface area contributed by atoms with Gasteiger partial charge in [0.25, 0.3) is 0 Å². The van der Waals surface area contributed by atoms with E-state index in [2.05, 4.69) is 16.3 Å². The van der Waals surface area contributed by atoms with Crippen LogP contribution in [-0.4, -0.2) is 38.8 Å². The molecule has 2 aliphatic heterocycles. The van der Waals surface area contributed by atoms with Crippen molar-refractivity contribution in [2.24, 2.45) is 0 Å². The molecule has 216 valence electrons. The standard InChI is InChI=1S/C32H28Cl2FN3O4/c33-26-5-3-19(10-27(26)34)18-42-30-6-4-20(13-28(30)35)21-7-9-41-31-15-22-14-29(32(39)40)38(16-24(22)12-23(31)11-21)17-25-2-1-8-36-37-25/h1-6,8,10,12-13,15,21,29H,7,9,11,14,16-18H2,(H,39,40)/t21?,29-/m0/s1. The third kappa shape index (κ3) is 6.21. The van der Waals surface area contributed by atoms with Crippen LogP contribution < -0.4 is 9.47 Å². The molecule has 0 fully saturated rings. The molecule has 3 heterocycles. The average molecular weight is 608 g/mol. The normalized spacial score (nSPS) is 18.4. The number of fused-ring (bicyclic) bond motifs is 2. The number of carboxylic acids is 1. The lowest BCUT2D eigenvalue weighted by Gasteiger charge is -2.34. The summed E-state index contributed by atoms with van der Waals surface area (Å²) in [5, 5.41) is 18.9. The third-order valence-corrected chi connectivity index (χ3v) is 8.62. The van der Waals surface area contributed by atoms with Crippen LogP contribution in [0.15, 0.2) is 66.9 Å². The van der Waals surface area contributed by atoms with E-state index in [1.54, 1.807) is 42.6 Å². The van der Waals surface area contributed by atoms with Gasteiger partial charge < -0.3 is 14.6 Å². The predicted molar refractivity (Wildman–Crippen MR) is 157 cm³/mol. The maximum atomic E-state index is 15.1. The lowest BCUT2D eigenvalue weighted by atomic mass is 9.86. The lowest BCUT2D eigenvalue weighted by molar-refractivity contribution is -0.144. The van der Waals surface area contributed by atoms with Gasteiger partial charge in [0.2, 0.25) is 0 Å². The van der Waals surface area contributed by atoms with E-state index in [1.807, 2.05) is 23.1 Å². The first-order valence-electron chi connectivity index (χ1n) is 13.7. The molecule has 42 heavy (non-hydrogen) atoms. The van der Waals surface area contributed by atoms with Crippen LogP contribution in [0.1, 0.15) is 45.8 Å². The molecule has 2 atom stereocenters. The Morgan fingerprint density at radius 2 is 1.93 bits per heavy atom. The second kappa shape index (κ2) is 12.3. The van der Waals surface area contributed by atoms with E-state index in [1.165, 1.54) is 0 Å². The molecule has 0 saturated carbocycles. The Morgan fingerprint density at radius 1 is 1.05 bits per heavy atom. The van der Waals surface area contributed by atoms with Crippen molar-refractivity contribution in [2.45, 2.75) is 50.9 Å². The second-order valence-electron chi connectivity index (χ2n) is 10.7. The molecule has 7 nitrogen and oxygen atoms in total. The molecule has 0 saturated heterocycles. The molecule has 6 rings (SSSR count). The molecule has 3 aromatic carbocycles. The van der Waals surface area contributed by atoms with E-state index in [-0.39, 0.29) is 18.3 Å². The molecule has 0 aliphatic carbocycles. The molecule has 0 radical (unpaired) electrons. The number of benzene rings is 3. The van der Waals surface area contributed by atoms with Gasteiger partial charge in [0.05, 0.1) is 22.3 Å². The minimum absolute atomic E-state index is 0.0500. The number of hydrogen-bond acceptors (Lipinski definition) is 6. The first-order valence-corrected chi connectivity index (χ1v) is 14.5. The molecule has 1 unspecified atom stereocenters. The van der Waals surface area contributed by atoms with Gasteiger partial charge in [-0.15, -0.1) is 0 Å². The minimum Gasteiger partial charge on any atom is -0.493 e. The SMILES string of the molecule is O=C(O)[C@@H]1Cc2cc3c(cc2CN1Cc1cccnn1)CC(c1ccc(OCc2ccc(Cl)c(Cl)c2)c(F)c1)CCO3. The Kier molecular flexibility index (Phi) is 8.29. The van der Waals surface area contributed by atoms with Crippen molar-refractivity contribution < 1.29 is 23.8 Å². The van der Waals surface area contributed by atoms with Gasteiger partial charge in [-0.05, 0) is 95.5 Å². The fraction of sp³-hybridized carbons (Fsp3) is 0.281.